The van der Waals surface area contributed by atoms with Crippen LogP contribution >= 0.6 is 0 Å². The number of hydrogen-bond acceptors (Lipinski definition) is 5. The Morgan fingerprint density at radius 2 is 2.14 bits per heavy atom. The van der Waals surface area contributed by atoms with Gasteiger partial charge in [0.25, 0.3) is 5.91 Å². The lowest BCUT2D eigenvalue weighted by atomic mass is 10.0. The number of nitrogens with zero attached hydrogens (tertiary/aromatic N) is 4. The predicted octanol–water partition coefficient (Wildman–Crippen LogP) is 0.273. The van der Waals surface area contributed by atoms with Crippen molar-refractivity contribution in [3.05, 3.63) is 41.8 Å². The van der Waals surface area contributed by atoms with Crippen LogP contribution in [0.15, 0.2) is 41.2 Å². The Kier molecular flexibility index (Phi) is 4.10. The Morgan fingerprint density at radius 1 is 1.39 bits per heavy atom. The number of carbonyl (C=O) groups is 2. The average molecular weight is 399 g/mol. The van der Waals surface area contributed by atoms with Crippen LogP contribution in [0.2, 0.25) is 0 Å². The number of amides is 3. The zero-order chi connectivity index (χ0) is 20.1. The topological polar surface area (TPSA) is 114 Å². The molecular formula is C18H17N5O4S. The fourth-order valence-electron chi connectivity index (χ4n) is 3.06. The molecule has 1 atom stereocenters. The van der Waals surface area contributed by atoms with Gasteiger partial charge in [0, 0.05) is 18.8 Å². The van der Waals surface area contributed by atoms with Gasteiger partial charge in [-0.05, 0) is 25.0 Å². The van der Waals surface area contributed by atoms with Gasteiger partial charge in [0.1, 0.15) is 5.25 Å². The van der Waals surface area contributed by atoms with Gasteiger partial charge in [-0.2, -0.15) is 14.8 Å². The number of aryl methyl sites for hydroxylation is 1. The standard InChI is InChI=1S/C18H17N5O4S/c1-3-18(6-7-18)21-28(26,27)13-4-5-15-14(8-13)16(24)23(17(25)20-15)11-12-9-19-22(2)10-12/h1,4-5,8-10,13,21H,6-7,11H2,2H3. The van der Waals surface area contributed by atoms with Crippen LogP contribution in [0.25, 0.3) is 0 Å². The number of terminal acetylenes is 1. The molecule has 1 aromatic rings. The third-order valence-electron chi connectivity index (χ3n) is 4.79. The van der Waals surface area contributed by atoms with Gasteiger partial charge >= 0.3 is 6.03 Å². The van der Waals surface area contributed by atoms with Gasteiger partial charge < -0.3 is 0 Å². The Labute approximate surface area is 161 Å². The molecule has 10 heteroatoms. The summed E-state index contributed by atoms with van der Waals surface area (Å²) >= 11 is 0. The predicted molar refractivity (Wildman–Crippen MR) is 100 cm³/mol. The Balaban J connectivity index is 1.61. The van der Waals surface area contributed by atoms with Crippen molar-refractivity contribution in [2.24, 2.45) is 12.0 Å². The third-order valence-corrected chi connectivity index (χ3v) is 6.48. The molecule has 1 unspecified atom stereocenters. The molecule has 1 N–H and O–H groups in total. The second-order valence-electron chi connectivity index (χ2n) is 6.97. The number of nitrogens with one attached hydrogen (secondary N) is 1. The maximum absolute atomic E-state index is 12.9. The lowest BCUT2D eigenvalue weighted by Gasteiger charge is -2.27. The van der Waals surface area contributed by atoms with Crippen LogP contribution in [0.1, 0.15) is 18.4 Å². The summed E-state index contributed by atoms with van der Waals surface area (Å²) in [6, 6.07) is -0.700. The SMILES string of the molecule is C#CC1(NS(=O)(=O)C2C=CC3=NC(=O)N(Cc4cnn(C)c4)C(=O)C3=C2)CC1. The minimum Gasteiger partial charge on any atom is -0.275 e. The maximum Gasteiger partial charge on any atom is 0.351 e. The minimum atomic E-state index is -3.83. The molecule has 144 valence electrons. The fourth-order valence-corrected chi connectivity index (χ4v) is 4.61. The summed E-state index contributed by atoms with van der Waals surface area (Å²) in [5.41, 5.74) is 0.0533. The van der Waals surface area contributed by atoms with Gasteiger partial charge in [-0.1, -0.05) is 12.0 Å². The van der Waals surface area contributed by atoms with E-state index in [-0.39, 0.29) is 17.8 Å². The molecule has 0 aromatic carbocycles. The highest BCUT2D eigenvalue weighted by Gasteiger charge is 2.46. The highest BCUT2D eigenvalue weighted by atomic mass is 32.2. The zero-order valence-corrected chi connectivity index (χ0v) is 15.8. The molecule has 1 aromatic heterocycles. The van der Waals surface area contributed by atoms with Gasteiger partial charge in [-0.3, -0.25) is 14.4 Å². The summed E-state index contributed by atoms with van der Waals surface area (Å²) < 4.78 is 29.4. The van der Waals surface area contributed by atoms with Gasteiger partial charge in [-0.25, -0.2) is 13.2 Å². The van der Waals surface area contributed by atoms with Crippen molar-refractivity contribution in [1.82, 2.24) is 19.4 Å². The normalized spacial score (nSPS) is 23.0. The van der Waals surface area contributed by atoms with E-state index in [4.69, 9.17) is 6.42 Å². The van der Waals surface area contributed by atoms with Gasteiger partial charge in [0.15, 0.2) is 0 Å². The van der Waals surface area contributed by atoms with Gasteiger partial charge in [0.2, 0.25) is 10.0 Å². The highest BCUT2D eigenvalue weighted by molar-refractivity contribution is 7.90. The van der Waals surface area contributed by atoms with Crippen LogP contribution in [0.3, 0.4) is 0 Å². The molecule has 1 aliphatic heterocycles. The average Bonchev–Trinajstić information content (AvgIpc) is 3.29. The monoisotopic (exact) mass is 399 g/mol. The highest BCUT2D eigenvalue weighted by Crippen LogP contribution is 2.36. The van der Waals surface area contributed by atoms with Crippen LogP contribution in [-0.4, -0.2) is 51.5 Å². The quantitative estimate of drug-likeness (QED) is 0.714. The number of hydrogen-bond donors (Lipinski definition) is 1. The number of aliphatic imine (C=N–C) groups is 1. The number of carbonyl (C=O) groups excluding carboxylic acids is 2. The number of urea groups is 1. The zero-order valence-electron chi connectivity index (χ0n) is 15.0. The number of imide groups is 1. The second-order valence-corrected chi connectivity index (χ2v) is 8.81. The largest absolute Gasteiger partial charge is 0.351 e. The van der Waals surface area contributed by atoms with Crippen molar-refractivity contribution in [2.75, 3.05) is 0 Å². The lowest BCUT2D eigenvalue weighted by Crippen LogP contribution is -2.45. The summed E-state index contributed by atoms with van der Waals surface area (Å²) in [7, 11) is -2.11. The van der Waals surface area contributed by atoms with Gasteiger partial charge in [-0.15, -0.1) is 6.42 Å². The van der Waals surface area contributed by atoms with E-state index in [1.54, 1.807) is 24.1 Å². The number of rotatable bonds is 5. The van der Waals surface area contributed by atoms with E-state index in [9.17, 15) is 18.0 Å². The van der Waals surface area contributed by atoms with Crippen molar-refractivity contribution in [3.8, 4) is 12.3 Å². The molecular weight excluding hydrogens is 382 g/mol. The van der Waals surface area contributed by atoms with Crippen molar-refractivity contribution < 1.29 is 18.0 Å². The third kappa shape index (κ3) is 3.19. The molecule has 0 radical (unpaired) electrons. The molecule has 9 nitrogen and oxygen atoms in total. The van der Waals surface area contributed by atoms with Crippen LogP contribution in [0, 0.1) is 12.3 Å². The van der Waals surface area contributed by atoms with Crippen molar-refractivity contribution in [1.29, 1.82) is 0 Å². The maximum atomic E-state index is 12.9. The first-order chi connectivity index (χ1) is 13.2. The van der Waals surface area contributed by atoms with Crippen LogP contribution in [0.5, 0.6) is 0 Å². The van der Waals surface area contributed by atoms with Crippen LogP contribution in [0.4, 0.5) is 4.79 Å². The molecule has 1 saturated carbocycles. The fraction of sp³-hybridized carbons (Fsp3) is 0.333. The van der Waals surface area contributed by atoms with Gasteiger partial charge in [0.05, 0.1) is 29.6 Å². The Hall–Kier alpha value is -3.03. The van der Waals surface area contributed by atoms with E-state index in [2.05, 4.69) is 20.7 Å². The summed E-state index contributed by atoms with van der Waals surface area (Å²) in [5.74, 6) is 1.87. The Morgan fingerprint density at radius 3 is 2.75 bits per heavy atom. The van der Waals surface area contributed by atoms with E-state index in [1.807, 2.05) is 0 Å². The molecule has 28 heavy (non-hydrogen) atoms. The van der Waals surface area contributed by atoms with Crippen molar-refractivity contribution in [2.45, 2.75) is 30.2 Å². The molecule has 2 heterocycles. The van der Waals surface area contributed by atoms with Crippen molar-refractivity contribution in [3.63, 3.8) is 0 Å². The first-order valence-electron chi connectivity index (χ1n) is 8.56. The van der Waals surface area contributed by atoms with E-state index in [1.165, 1.54) is 18.2 Å². The smallest absolute Gasteiger partial charge is 0.275 e. The summed E-state index contributed by atoms with van der Waals surface area (Å²) in [4.78, 5) is 30.0. The van der Waals surface area contributed by atoms with Crippen LogP contribution < -0.4 is 4.72 Å². The summed E-state index contributed by atoms with van der Waals surface area (Å²) in [5, 5.41) is 2.93. The molecule has 0 saturated heterocycles. The van der Waals surface area contributed by atoms with E-state index < -0.39 is 32.8 Å². The number of aromatic nitrogens is 2. The van der Waals surface area contributed by atoms with E-state index in [0.29, 0.717) is 18.4 Å². The first-order valence-corrected chi connectivity index (χ1v) is 10.1. The summed E-state index contributed by atoms with van der Waals surface area (Å²) in [6.45, 7) is -0.000781. The number of sulfonamides is 1. The molecule has 3 amide bonds. The summed E-state index contributed by atoms with van der Waals surface area (Å²) in [6.07, 6.45) is 13.9. The molecule has 3 aliphatic rings. The van der Waals surface area contributed by atoms with Crippen LogP contribution in [-0.2, 0) is 28.4 Å². The van der Waals surface area contributed by atoms with E-state index in [0.717, 1.165) is 4.90 Å². The molecule has 0 spiro atoms. The number of fused-ring (bicyclic) bond motifs is 1. The first kappa shape index (κ1) is 18.3. The number of allylic oxidation sites excluding steroid dienone is 1. The molecule has 2 aliphatic carbocycles. The van der Waals surface area contributed by atoms with E-state index >= 15 is 0 Å². The minimum absolute atomic E-state index is 0.000781. The van der Waals surface area contributed by atoms with Crippen molar-refractivity contribution >= 4 is 27.7 Å². The molecule has 4 rings (SSSR count). The second kappa shape index (κ2) is 6.25. The lowest BCUT2D eigenvalue weighted by molar-refractivity contribution is -0.124. The molecule has 0 bridgehead atoms. The Bertz CT molecular complexity index is 1120. The molecule has 1 fully saturated rings.